The minimum atomic E-state index is -2.33. The fourth-order valence-electron chi connectivity index (χ4n) is 0.818. The van der Waals surface area contributed by atoms with Crippen LogP contribution in [-0.4, -0.2) is 17.8 Å². The Bertz CT molecular complexity index is 92.4. The molecule has 0 aliphatic carbocycles. The van der Waals surface area contributed by atoms with Gasteiger partial charge in [0, 0.05) is 6.42 Å². The van der Waals surface area contributed by atoms with Gasteiger partial charge in [0.1, 0.15) is 0 Å². The molecule has 48 valence electrons. The molecule has 0 aromatic heterocycles. The molecule has 1 aliphatic heterocycles. The summed E-state index contributed by atoms with van der Waals surface area (Å²) < 4.78 is 16.5. The van der Waals surface area contributed by atoms with E-state index in [0.29, 0.717) is 6.61 Å². The van der Waals surface area contributed by atoms with Gasteiger partial charge in [-0.2, -0.15) is 4.39 Å². The maximum Gasteiger partial charge on any atom is 0.318 e. The Balaban J connectivity index is 2.44. The summed E-state index contributed by atoms with van der Waals surface area (Å²) in [6, 6.07) is -2.33. The molecule has 1 aliphatic rings. The lowest BCUT2D eigenvalue weighted by atomic mass is 10.1. The van der Waals surface area contributed by atoms with Crippen LogP contribution < -0.4 is 0 Å². The zero-order chi connectivity index (χ0) is 6.20. The van der Waals surface area contributed by atoms with E-state index in [9.17, 15) is 4.39 Å². The molecule has 2 atom stereocenters. The Kier molecular flexibility index (Phi) is 1.25. The lowest BCUT2D eigenvalue weighted by molar-refractivity contribution is -0.262. The number of halogens is 1. The standard InChI is InChI=1S/C5H9FO2/c1-4-2-5(6,7)8-3-4/h4,7H,2-3H2,1H3. The summed E-state index contributed by atoms with van der Waals surface area (Å²) in [5, 5.41) is 8.48. The van der Waals surface area contributed by atoms with Crippen molar-refractivity contribution in [1.29, 1.82) is 0 Å². The van der Waals surface area contributed by atoms with Gasteiger partial charge in [0.25, 0.3) is 0 Å². The number of ether oxygens (including phenoxy) is 1. The summed E-state index contributed by atoms with van der Waals surface area (Å²) in [5.74, 6) is 0.144. The fourth-order valence-corrected chi connectivity index (χ4v) is 0.818. The Hall–Kier alpha value is -0.150. The molecule has 3 heteroatoms. The summed E-state index contributed by atoms with van der Waals surface area (Å²) in [5.41, 5.74) is 0. The van der Waals surface area contributed by atoms with E-state index in [1.807, 2.05) is 6.92 Å². The van der Waals surface area contributed by atoms with Gasteiger partial charge in [-0.05, 0) is 5.92 Å². The molecule has 1 saturated heterocycles. The number of rotatable bonds is 0. The lowest BCUT2D eigenvalue weighted by Gasteiger charge is -2.07. The third-order valence-corrected chi connectivity index (χ3v) is 1.19. The first-order chi connectivity index (χ1) is 3.60. The van der Waals surface area contributed by atoms with Crippen LogP contribution in [0.25, 0.3) is 0 Å². The van der Waals surface area contributed by atoms with Crippen LogP contribution in [0.15, 0.2) is 0 Å². The van der Waals surface area contributed by atoms with Crippen molar-refractivity contribution in [3.05, 3.63) is 0 Å². The highest BCUT2D eigenvalue weighted by Gasteiger charge is 2.36. The fraction of sp³-hybridized carbons (Fsp3) is 1.00. The first-order valence-corrected chi connectivity index (χ1v) is 2.65. The molecule has 0 aromatic carbocycles. The van der Waals surface area contributed by atoms with E-state index in [2.05, 4.69) is 4.74 Å². The molecule has 0 bridgehead atoms. The van der Waals surface area contributed by atoms with E-state index < -0.39 is 6.04 Å². The van der Waals surface area contributed by atoms with Crippen LogP contribution in [0.4, 0.5) is 4.39 Å². The van der Waals surface area contributed by atoms with Crippen LogP contribution in [0.3, 0.4) is 0 Å². The highest BCUT2D eigenvalue weighted by molar-refractivity contribution is 4.66. The maximum absolute atomic E-state index is 12.2. The second-order valence-electron chi connectivity index (χ2n) is 2.31. The smallest absolute Gasteiger partial charge is 0.318 e. The van der Waals surface area contributed by atoms with Crippen LogP contribution in [-0.2, 0) is 4.74 Å². The summed E-state index contributed by atoms with van der Waals surface area (Å²) >= 11 is 0. The quantitative estimate of drug-likeness (QED) is 0.508. The topological polar surface area (TPSA) is 29.5 Å². The predicted molar refractivity (Wildman–Crippen MR) is 25.8 cm³/mol. The van der Waals surface area contributed by atoms with Gasteiger partial charge < -0.3 is 9.84 Å². The average Bonchev–Trinajstić information content (AvgIpc) is 1.82. The third-order valence-electron chi connectivity index (χ3n) is 1.19. The first-order valence-electron chi connectivity index (χ1n) is 2.65. The van der Waals surface area contributed by atoms with Crippen molar-refractivity contribution >= 4 is 0 Å². The molecule has 1 N–H and O–H groups in total. The lowest BCUT2D eigenvalue weighted by Crippen LogP contribution is -2.18. The Labute approximate surface area is 47.3 Å². The molecule has 0 amide bonds. The molecule has 0 aromatic rings. The minimum Gasteiger partial charge on any atom is -0.340 e. The van der Waals surface area contributed by atoms with Crippen molar-refractivity contribution in [2.75, 3.05) is 6.61 Å². The van der Waals surface area contributed by atoms with Crippen molar-refractivity contribution in [3.8, 4) is 0 Å². The molecule has 1 rings (SSSR count). The normalized spacial score (nSPS) is 47.6. The van der Waals surface area contributed by atoms with Gasteiger partial charge in [0.15, 0.2) is 0 Å². The van der Waals surface area contributed by atoms with Crippen molar-refractivity contribution < 1.29 is 14.2 Å². The third kappa shape index (κ3) is 1.17. The molecular formula is C5H9FO2. The highest BCUT2D eigenvalue weighted by atomic mass is 19.2. The van der Waals surface area contributed by atoms with E-state index >= 15 is 0 Å². The van der Waals surface area contributed by atoms with Crippen molar-refractivity contribution in [1.82, 2.24) is 0 Å². The van der Waals surface area contributed by atoms with Gasteiger partial charge in [-0.25, -0.2) is 0 Å². The molecule has 1 heterocycles. The average molecular weight is 120 g/mol. The first kappa shape index (κ1) is 5.98. The monoisotopic (exact) mass is 120 g/mol. The van der Waals surface area contributed by atoms with E-state index in [4.69, 9.17) is 5.11 Å². The molecule has 8 heavy (non-hydrogen) atoms. The highest BCUT2D eigenvalue weighted by Crippen LogP contribution is 2.27. The summed E-state index contributed by atoms with van der Waals surface area (Å²) in [4.78, 5) is 0. The number of aliphatic hydroxyl groups is 1. The molecule has 2 nitrogen and oxygen atoms in total. The van der Waals surface area contributed by atoms with E-state index in [-0.39, 0.29) is 12.3 Å². The van der Waals surface area contributed by atoms with Crippen molar-refractivity contribution in [2.24, 2.45) is 5.92 Å². The SMILES string of the molecule is CC1COC(O)(F)C1. The maximum atomic E-state index is 12.2. The molecule has 1 fully saturated rings. The Morgan fingerprint density at radius 1 is 1.88 bits per heavy atom. The Morgan fingerprint density at radius 2 is 2.50 bits per heavy atom. The summed E-state index contributed by atoms with van der Waals surface area (Å²) in [6.45, 7) is 2.16. The molecule has 2 unspecified atom stereocenters. The largest absolute Gasteiger partial charge is 0.340 e. The minimum absolute atomic E-state index is 0.104. The second kappa shape index (κ2) is 1.67. The Morgan fingerprint density at radius 3 is 2.62 bits per heavy atom. The zero-order valence-corrected chi connectivity index (χ0v) is 4.72. The van der Waals surface area contributed by atoms with Crippen molar-refractivity contribution in [2.45, 2.75) is 19.4 Å². The molecule has 0 radical (unpaired) electrons. The molecule has 0 spiro atoms. The number of alkyl halides is 1. The van der Waals surface area contributed by atoms with Crippen LogP contribution in [0, 0.1) is 5.92 Å². The second-order valence-corrected chi connectivity index (χ2v) is 2.31. The van der Waals surface area contributed by atoms with Crippen LogP contribution in [0.1, 0.15) is 13.3 Å². The summed E-state index contributed by atoms with van der Waals surface area (Å²) in [7, 11) is 0. The van der Waals surface area contributed by atoms with Crippen molar-refractivity contribution in [3.63, 3.8) is 0 Å². The van der Waals surface area contributed by atoms with Gasteiger partial charge in [0.05, 0.1) is 6.61 Å². The van der Waals surface area contributed by atoms with Gasteiger partial charge >= 0.3 is 6.04 Å². The van der Waals surface area contributed by atoms with Gasteiger partial charge in [-0.3, -0.25) is 0 Å². The van der Waals surface area contributed by atoms with Gasteiger partial charge in [-0.15, -0.1) is 0 Å². The van der Waals surface area contributed by atoms with E-state index in [1.165, 1.54) is 0 Å². The zero-order valence-electron chi connectivity index (χ0n) is 4.72. The molecule has 0 saturated carbocycles. The number of hydrogen-bond acceptors (Lipinski definition) is 2. The van der Waals surface area contributed by atoms with E-state index in [0.717, 1.165) is 0 Å². The van der Waals surface area contributed by atoms with Crippen LogP contribution in [0.5, 0.6) is 0 Å². The van der Waals surface area contributed by atoms with Gasteiger partial charge in [0.2, 0.25) is 0 Å². The molecular weight excluding hydrogens is 111 g/mol. The van der Waals surface area contributed by atoms with Crippen LogP contribution >= 0.6 is 0 Å². The van der Waals surface area contributed by atoms with Crippen LogP contribution in [0.2, 0.25) is 0 Å². The van der Waals surface area contributed by atoms with Gasteiger partial charge in [-0.1, -0.05) is 6.92 Å². The predicted octanol–water partition coefficient (Wildman–Crippen LogP) is 0.658. The summed E-state index contributed by atoms with van der Waals surface area (Å²) in [6.07, 6.45) is 0.104. The number of hydrogen-bond donors (Lipinski definition) is 1. The van der Waals surface area contributed by atoms with E-state index in [1.54, 1.807) is 0 Å².